The molecule has 0 radical (unpaired) electrons. The number of alkyl halides is 3. The van der Waals surface area contributed by atoms with E-state index in [4.69, 9.17) is 14.2 Å². The second-order valence-electron chi connectivity index (χ2n) is 6.26. The summed E-state index contributed by atoms with van der Waals surface area (Å²) in [5.74, 6) is 0.385. The van der Waals surface area contributed by atoms with E-state index in [2.05, 4.69) is 10.6 Å². The highest BCUT2D eigenvalue weighted by Crippen LogP contribution is 2.40. The molecule has 0 aromatic heterocycles. The van der Waals surface area contributed by atoms with Gasteiger partial charge in [-0.15, -0.1) is 12.4 Å². The third-order valence-electron chi connectivity index (χ3n) is 4.52. The average Bonchev–Trinajstić information content (AvgIpc) is 2.66. The second-order valence-corrected chi connectivity index (χ2v) is 6.26. The Kier molecular flexibility index (Phi) is 7.62. The van der Waals surface area contributed by atoms with Crippen molar-refractivity contribution in [1.82, 2.24) is 15.5 Å². The van der Waals surface area contributed by atoms with Crippen molar-refractivity contribution in [2.24, 2.45) is 0 Å². The van der Waals surface area contributed by atoms with Gasteiger partial charge in [0.25, 0.3) is 5.91 Å². The van der Waals surface area contributed by atoms with Crippen LogP contribution in [0.25, 0.3) is 0 Å². The summed E-state index contributed by atoms with van der Waals surface area (Å²) in [5.41, 5.74) is 0.150. The lowest BCUT2D eigenvalue weighted by atomic mass is 10.1. The number of nitrogens with one attached hydrogen (secondary N) is 2. The third kappa shape index (κ3) is 5.12. The molecule has 0 aliphatic carbocycles. The largest absolute Gasteiger partial charge is 0.493 e. The highest BCUT2D eigenvalue weighted by Gasteiger charge is 2.43. The van der Waals surface area contributed by atoms with Gasteiger partial charge in [-0.3, -0.25) is 9.69 Å². The number of methoxy groups -OCH3 is 1. The van der Waals surface area contributed by atoms with Gasteiger partial charge in [0.1, 0.15) is 19.3 Å². The first-order valence-electron chi connectivity index (χ1n) is 8.67. The van der Waals surface area contributed by atoms with Crippen LogP contribution < -0.4 is 24.8 Å². The number of amides is 1. The molecule has 2 aliphatic rings. The van der Waals surface area contributed by atoms with Gasteiger partial charge in [-0.05, 0) is 12.1 Å². The first-order valence-corrected chi connectivity index (χ1v) is 8.67. The molecule has 3 rings (SSSR count). The maximum Gasteiger partial charge on any atom is 0.405 e. The van der Waals surface area contributed by atoms with Gasteiger partial charge in [-0.2, -0.15) is 13.2 Å². The lowest BCUT2D eigenvalue weighted by Gasteiger charge is -2.35. The maximum absolute atomic E-state index is 13.4. The summed E-state index contributed by atoms with van der Waals surface area (Å²) in [7, 11) is 1.42. The van der Waals surface area contributed by atoms with Crippen LogP contribution in [0.15, 0.2) is 12.1 Å². The summed E-state index contributed by atoms with van der Waals surface area (Å²) in [6, 6.07) is 1.14. The van der Waals surface area contributed by atoms with Crippen molar-refractivity contribution in [2.75, 3.05) is 53.0 Å². The molecule has 11 heteroatoms. The molecule has 1 saturated heterocycles. The van der Waals surface area contributed by atoms with Crippen LogP contribution in [0.1, 0.15) is 10.4 Å². The number of hydrogen-bond acceptors (Lipinski definition) is 6. The molecule has 2 heterocycles. The molecule has 1 unspecified atom stereocenters. The number of fused-ring (bicyclic) bond motifs is 1. The summed E-state index contributed by atoms with van der Waals surface area (Å²) < 4.78 is 56.4. The molecule has 2 N–H and O–H groups in total. The van der Waals surface area contributed by atoms with E-state index in [1.807, 2.05) is 0 Å². The number of rotatable bonds is 5. The highest BCUT2D eigenvalue weighted by molar-refractivity contribution is 5.95. The normalized spacial score (nSPS) is 18.0. The van der Waals surface area contributed by atoms with Crippen molar-refractivity contribution in [3.05, 3.63) is 17.7 Å². The number of nitrogens with zero attached hydrogens (tertiary/aromatic N) is 1. The van der Waals surface area contributed by atoms with Gasteiger partial charge >= 0.3 is 6.18 Å². The van der Waals surface area contributed by atoms with E-state index >= 15 is 0 Å². The number of ether oxygens (including phenoxy) is 3. The fourth-order valence-electron chi connectivity index (χ4n) is 3.14. The van der Waals surface area contributed by atoms with Gasteiger partial charge in [-0.1, -0.05) is 0 Å². The smallest absolute Gasteiger partial charge is 0.405 e. The highest BCUT2D eigenvalue weighted by atomic mass is 35.5. The van der Waals surface area contributed by atoms with E-state index in [0.29, 0.717) is 43.6 Å². The molecule has 2 aliphatic heterocycles. The first-order chi connectivity index (χ1) is 12.9. The lowest BCUT2D eigenvalue weighted by Crippen LogP contribution is -2.57. The van der Waals surface area contributed by atoms with E-state index in [1.54, 1.807) is 0 Å². The Morgan fingerprint density at radius 3 is 2.61 bits per heavy atom. The van der Waals surface area contributed by atoms with E-state index in [-0.39, 0.29) is 31.1 Å². The van der Waals surface area contributed by atoms with E-state index < -0.39 is 24.7 Å². The zero-order valence-electron chi connectivity index (χ0n) is 15.3. The topological polar surface area (TPSA) is 72.1 Å². The average molecular weight is 426 g/mol. The van der Waals surface area contributed by atoms with Gasteiger partial charge < -0.3 is 24.8 Å². The Hall–Kier alpha value is -1.91. The fraction of sp³-hybridized carbons (Fsp3) is 0.588. The maximum atomic E-state index is 13.4. The minimum atomic E-state index is -4.44. The van der Waals surface area contributed by atoms with Crippen molar-refractivity contribution in [3.63, 3.8) is 0 Å². The number of hydrogen-bond donors (Lipinski definition) is 2. The summed E-state index contributed by atoms with van der Waals surface area (Å²) in [4.78, 5) is 13.8. The fourth-order valence-corrected chi connectivity index (χ4v) is 3.14. The van der Waals surface area contributed by atoms with Crippen LogP contribution in [0.3, 0.4) is 0 Å². The quantitative estimate of drug-likeness (QED) is 0.744. The Balaban J connectivity index is 0.00000280. The molecule has 158 valence electrons. The summed E-state index contributed by atoms with van der Waals surface area (Å²) in [6.45, 7) is 1.67. The van der Waals surface area contributed by atoms with Crippen molar-refractivity contribution < 1.29 is 32.2 Å². The first kappa shape index (κ1) is 22.4. The van der Waals surface area contributed by atoms with Crippen LogP contribution in [-0.4, -0.2) is 76.1 Å². The van der Waals surface area contributed by atoms with Crippen LogP contribution in [0.4, 0.5) is 13.2 Å². The molecule has 1 fully saturated rings. The van der Waals surface area contributed by atoms with Crippen LogP contribution in [0.2, 0.25) is 0 Å². The van der Waals surface area contributed by atoms with Crippen molar-refractivity contribution >= 4 is 18.3 Å². The van der Waals surface area contributed by atoms with Crippen molar-refractivity contribution in [2.45, 2.75) is 12.2 Å². The van der Waals surface area contributed by atoms with Gasteiger partial charge in [0, 0.05) is 38.3 Å². The van der Waals surface area contributed by atoms with Gasteiger partial charge in [0.05, 0.1) is 7.11 Å². The SMILES string of the molecule is COc1cc(C(=O)NCC(N2CCNCC2)C(F)(F)F)cc2c1OCCO2.Cl. The second kappa shape index (κ2) is 9.53. The molecule has 0 bridgehead atoms. The Bertz CT molecular complexity index is 667. The van der Waals surface area contributed by atoms with E-state index in [1.165, 1.54) is 24.1 Å². The summed E-state index contributed by atoms with van der Waals surface area (Å²) >= 11 is 0. The number of benzene rings is 1. The molecular formula is C17H23ClF3N3O4. The number of piperazine rings is 1. The van der Waals surface area contributed by atoms with E-state index in [9.17, 15) is 18.0 Å². The van der Waals surface area contributed by atoms with Crippen molar-refractivity contribution in [3.8, 4) is 17.2 Å². The molecule has 1 amide bonds. The Labute approximate surface area is 166 Å². The molecule has 1 atom stereocenters. The third-order valence-corrected chi connectivity index (χ3v) is 4.52. The molecule has 1 aromatic carbocycles. The molecule has 1 aromatic rings. The summed E-state index contributed by atoms with van der Waals surface area (Å²) in [5, 5.41) is 5.41. The summed E-state index contributed by atoms with van der Waals surface area (Å²) in [6.07, 6.45) is -4.44. The lowest BCUT2D eigenvalue weighted by molar-refractivity contribution is -0.183. The monoisotopic (exact) mass is 425 g/mol. The zero-order chi connectivity index (χ0) is 19.4. The zero-order valence-corrected chi connectivity index (χ0v) is 16.1. The molecule has 28 heavy (non-hydrogen) atoms. The minimum Gasteiger partial charge on any atom is -0.493 e. The van der Waals surface area contributed by atoms with Crippen molar-refractivity contribution in [1.29, 1.82) is 0 Å². The molecule has 0 saturated carbocycles. The van der Waals surface area contributed by atoms with Crippen LogP contribution in [0.5, 0.6) is 17.2 Å². The Morgan fingerprint density at radius 2 is 1.96 bits per heavy atom. The minimum absolute atomic E-state index is 0. The molecular weight excluding hydrogens is 403 g/mol. The van der Waals surface area contributed by atoms with Crippen LogP contribution in [-0.2, 0) is 0 Å². The van der Waals surface area contributed by atoms with Gasteiger partial charge in [0.2, 0.25) is 5.75 Å². The standard InChI is InChI=1S/C17H22F3N3O4.ClH/c1-25-12-8-11(9-13-15(12)27-7-6-26-13)16(24)22-10-14(17(18,19)20)23-4-2-21-3-5-23;/h8-9,14,21H,2-7,10H2,1H3,(H,22,24);1H. The predicted molar refractivity (Wildman–Crippen MR) is 97.9 cm³/mol. The number of carbonyl (C=O) groups is 1. The van der Waals surface area contributed by atoms with Gasteiger partial charge in [0.15, 0.2) is 11.5 Å². The predicted octanol–water partition coefficient (Wildman–Crippen LogP) is 1.45. The van der Waals surface area contributed by atoms with E-state index in [0.717, 1.165) is 0 Å². The number of halogens is 4. The van der Waals surface area contributed by atoms with Gasteiger partial charge in [-0.25, -0.2) is 0 Å². The molecule has 7 nitrogen and oxygen atoms in total. The Morgan fingerprint density at radius 1 is 1.29 bits per heavy atom. The molecule has 0 spiro atoms. The van der Waals surface area contributed by atoms with Crippen LogP contribution >= 0.6 is 12.4 Å². The number of carbonyl (C=O) groups excluding carboxylic acids is 1. The van der Waals surface area contributed by atoms with Crippen LogP contribution in [0, 0.1) is 0 Å².